The second-order valence-electron chi connectivity index (χ2n) is 6.00. The first-order valence-electron chi connectivity index (χ1n) is 8.28. The van der Waals surface area contributed by atoms with Crippen molar-refractivity contribution in [2.45, 2.75) is 13.8 Å². The number of hydrogen-bond acceptors (Lipinski definition) is 3. The fourth-order valence-corrected chi connectivity index (χ4v) is 2.77. The van der Waals surface area contributed by atoms with Gasteiger partial charge in [-0.3, -0.25) is 0 Å². The van der Waals surface area contributed by atoms with Crippen molar-refractivity contribution in [3.05, 3.63) is 77.9 Å². The van der Waals surface area contributed by atoms with Crippen molar-refractivity contribution in [2.75, 3.05) is 19.1 Å². The Hall–Kier alpha value is -2.94. The van der Waals surface area contributed by atoms with Crippen LogP contribution in [0, 0.1) is 13.8 Å². The van der Waals surface area contributed by atoms with E-state index >= 15 is 0 Å². The summed E-state index contributed by atoms with van der Waals surface area (Å²) in [4.78, 5) is 2.23. The van der Waals surface area contributed by atoms with Crippen molar-refractivity contribution in [2.24, 2.45) is 0 Å². The van der Waals surface area contributed by atoms with Gasteiger partial charge < -0.3 is 14.4 Å². The third-order valence-corrected chi connectivity index (χ3v) is 4.41. The van der Waals surface area contributed by atoms with Gasteiger partial charge in [-0.15, -0.1) is 0 Å². The average molecular weight is 333 g/mol. The van der Waals surface area contributed by atoms with Crippen molar-refractivity contribution in [1.29, 1.82) is 0 Å². The summed E-state index contributed by atoms with van der Waals surface area (Å²) in [5.41, 5.74) is 5.83. The topological polar surface area (TPSA) is 21.7 Å². The van der Waals surface area contributed by atoms with E-state index in [2.05, 4.69) is 61.2 Å². The first kappa shape index (κ1) is 16.9. The fourth-order valence-electron chi connectivity index (χ4n) is 2.77. The maximum Gasteiger partial charge on any atom is 0.119 e. The van der Waals surface area contributed by atoms with Crippen LogP contribution in [0.4, 0.5) is 17.1 Å². The smallest absolute Gasteiger partial charge is 0.119 e. The van der Waals surface area contributed by atoms with Gasteiger partial charge in [-0.05, 0) is 85.6 Å². The summed E-state index contributed by atoms with van der Waals surface area (Å²) in [5.74, 6) is 1.69. The third kappa shape index (κ3) is 3.61. The Kier molecular flexibility index (Phi) is 4.94. The van der Waals surface area contributed by atoms with Gasteiger partial charge in [0.2, 0.25) is 0 Å². The first-order chi connectivity index (χ1) is 12.1. The predicted molar refractivity (Wildman–Crippen MR) is 104 cm³/mol. The number of hydrogen-bond donors (Lipinski definition) is 0. The SMILES string of the molecule is COc1ccc(N(c2ccc(OC)cc2)c2ccc(C)c(C)c2)cc1. The van der Waals surface area contributed by atoms with Crippen molar-refractivity contribution >= 4 is 17.1 Å². The van der Waals surface area contributed by atoms with E-state index in [1.807, 2.05) is 24.3 Å². The standard InChI is InChI=1S/C22H23NO2/c1-16-5-6-20(15-17(16)2)23(18-7-11-21(24-3)12-8-18)19-9-13-22(25-4)14-10-19/h5-15H,1-4H3. The van der Waals surface area contributed by atoms with Crippen LogP contribution < -0.4 is 14.4 Å². The van der Waals surface area contributed by atoms with Crippen LogP contribution in [-0.2, 0) is 0 Å². The molecule has 0 bridgehead atoms. The van der Waals surface area contributed by atoms with Crippen LogP contribution in [0.15, 0.2) is 66.7 Å². The molecule has 0 saturated heterocycles. The van der Waals surface area contributed by atoms with E-state index in [1.165, 1.54) is 11.1 Å². The van der Waals surface area contributed by atoms with Crippen LogP contribution in [0.1, 0.15) is 11.1 Å². The molecule has 3 nitrogen and oxygen atoms in total. The molecule has 0 heterocycles. The lowest BCUT2D eigenvalue weighted by atomic mass is 10.1. The quantitative estimate of drug-likeness (QED) is 0.590. The molecule has 0 atom stereocenters. The molecule has 3 heteroatoms. The van der Waals surface area contributed by atoms with Gasteiger partial charge in [0.25, 0.3) is 0 Å². The van der Waals surface area contributed by atoms with Crippen molar-refractivity contribution in [1.82, 2.24) is 0 Å². The van der Waals surface area contributed by atoms with Crippen LogP contribution in [0.3, 0.4) is 0 Å². The second kappa shape index (κ2) is 7.31. The highest BCUT2D eigenvalue weighted by Gasteiger charge is 2.13. The monoisotopic (exact) mass is 333 g/mol. The normalized spacial score (nSPS) is 10.4. The molecule has 0 fully saturated rings. The highest BCUT2D eigenvalue weighted by Crippen LogP contribution is 2.36. The van der Waals surface area contributed by atoms with Crippen LogP contribution in [0.5, 0.6) is 11.5 Å². The zero-order valence-electron chi connectivity index (χ0n) is 15.1. The van der Waals surface area contributed by atoms with Gasteiger partial charge in [0.1, 0.15) is 11.5 Å². The number of aryl methyl sites for hydroxylation is 2. The van der Waals surface area contributed by atoms with E-state index in [0.717, 1.165) is 28.6 Å². The van der Waals surface area contributed by atoms with Gasteiger partial charge in [-0.1, -0.05) is 6.07 Å². The van der Waals surface area contributed by atoms with E-state index < -0.39 is 0 Å². The van der Waals surface area contributed by atoms with Gasteiger partial charge in [0.15, 0.2) is 0 Å². The highest BCUT2D eigenvalue weighted by molar-refractivity contribution is 5.77. The summed E-state index contributed by atoms with van der Waals surface area (Å²) >= 11 is 0. The molecule has 0 unspecified atom stereocenters. The fraction of sp³-hybridized carbons (Fsp3) is 0.182. The average Bonchev–Trinajstić information content (AvgIpc) is 2.66. The van der Waals surface area contributed by atoms with Gasteiger partial charge in [0.05, 0.1) is 14.2 Å². The number of ether oxygens (including phenoxy) is 2. The third-order valence-electron chi connectivity index (χ3n) is 4.41. The van der Waals surface area contributed by atoms with Gasteiger partial charge in [-0.2, -0.15) is 0 Å². The molecule has 0 radical (unpaired) electrons. The Morgan fingerprint density at radius 1 is 0.560 bits per heavy atom. The molecule has 25 heavy (non-hydrogen) atoms. The highest BCUT2D eigenvalue weighted by atomic mass is 16.5. The minimum absolute atomic E-state index is 0.846. The number of nitrogens with zero attached hydrogens (tertiary/aromatic N) is 1. The Morgan fingerprint density at radius 2 is 1.00 bits per heavy atom. The van der Waals surface area contributed by atoms with Crippen molar-refractivity contribution in [3.8, 4) is 11.5 Å². The Balaban J connectivity index is 2.10. The maximum atomic E-state index is 5.29. The molecular formula is C22H23NO2. The molecule has 0 aliphatic heterocycles. The van der Waals surface area contributed by atoms with E-state index in [-0.39, 0.29) is 0 Å². The zero-order chi connectivity index (χ0) is 17.8. The largest absolute Gasteiger partial charge is 0.497 e. The first-order valence-corrected chi connectivity index (χ1v) is 8.28. The summed E-state index contributed by atoms with van der Waals surface area (Å²) in [6.07, 6.45) is 0. The maximum absolute atomic E-state index is 5.29. The van der Waals surface area contributed by atoms with E-state index in [4.69, 9.17) is 9.47 Å². The van der Waals surface area contributed by atoms with Crippen LogP contribution in [0.25, 0.3) is 0 Å². The number of rotatable bonds is 5. The molecule has 128 valence electrons. The molecule has 0 spiro atoms. The summed E-state index contributed by atoms with van der Waals surface area (Å²) in [7, 11) is 3.36. The number of methoxy groups -OCH3 is 2. The van der Waals surface area contributed by atoms with E-state index in [9.17, 15) is 0 Å². The Bertz CT molecular complexity index is 791. The van der Waals surface area contributed by atoms with Crippen molar-refractivity contribution in [3.63, 3.8) is 0 Å². The minimum Gasteiger partial charge on any atom is -0.497 e. The zero-order valence-corrected chi connectivity index (χ0v) is 15.1. The van der Waals surface area contributed by atoms with E-state index in [1.54, 1.807) is 14.2 Å². The molecule has 3 aromatic carbocycles. The Morgan fingerprint density at radius 3 is 1.40 bits per heavy atom. The lowest BCUT2D eigenvalue weighted by Crippen LogP contribution is -2.10. The summed E-state index contributed by atoms with van der Waals surface area (Å²) < 4.78 is 10.6. The summed E-state index contributed by atoms with van der Waals surface area (Å²) in [5, 5.41) is 0. The molecule has 3 aromatic rings. The van der Waals surface area contributed by atoms with Crippen molar-refractivity contribution < 1.29 is 9.47 Å². The van der Waals surface area contributed by atoms with Gasteiger partial charge in [-0.25, -0.2) is 0 Å². The number of benzene rings is 3. The molecule has 0 N–H and O–H groups in total. The molecule has 3 rings (SSSR count). The molecule has 0 aliphatic carbocycles. The lowest BCUT2D eigenvalue weighted by molar-refractivity contribution is 0.415. The molecule has 0 saturated carbocycles. The molecule has 0 aromatic heterocycles. The van der Waals surface area contributed by atoms with Gasteiger partial charge >= 0.3 is 0 Å². The summed E-state index contributed by atoms with van der Waals surface area (Å²) in [6.45, 7) is 4.27. The van der Waals surface area contributed by atoms with Crippen LogP contribution in [-0.4, -0.2) is 14.2 Å². The van der Waals surface area contributed by atoms with E-state index in [0.29, 0.717) is 0 Å². The molecular weight excluding hydrogens is 310 g/mol. The Labute approximate surface area is 149 Å². The minimum atomic E-state index is 0.846. The lowest BCUT2D eigenvalue weighted by Gasteiger charge is -2.26. The summed E-state index contributed by atoms with van der Waals surface area (Å²) in [6, 6.07) is 22.7. The molecule has 0 aliphatic rings. The predicted octanol–water partition coefficient (Wildman–Crippen LogP) is 5.79. The van der Waals surface area contributed by atoms with Crippen LogP contribution >= 0.6 is 0 Å². The van der Waals surface area contributed by atoms with Gasteiger partial charge in [0, 0.05) is 17.1 Å². The van der Waals surface area contributed by atoms with Crippen LogP contribution in [0.2, 0.25) is 0 Å². The number of anilines is 3. The second-order valence-corrected chi connectivity index (χ2v) is 6.00. The molecule has 0 amide bonds.